The summed E-state index contributed by atoms with van der Waals surface area (Å²) in [6.07, 6.45) is 20.7. The Kier molecular flexibility index (Phi) is 43.9. The molecule has 1 unspecified atom stereocenters. The van der Waals surface area contributed by atoms with Crippen molar-refractivity contribution < 1.29 is 71.7 Å². The lowest BCUT2D eigenvalue weighted by atomic mass is 9.77. The number of ether oxygens (including phenoxy) is 2. The highest BCUT2D eigenvalue weighted by Gasteiger charge is 2.48. The summed E-state index contributed by atoms with van der Waals surface area (Å²) < 4.78 is 94.6. The zero-order valence-electron chi connectivity index (χ0n) is 58.4. The number of carbonyl (C=O) groups excluding carboxylic acids is 1. The van der Waals surface area contributed by atoms with Crippen LogP contribution >= 0.6 is 0 Å². The van der Waals surface area contributed by atoms with Gasteiger partial charge in [-0.1, -0.05) is 234 Å². The molecule has 16 atom stereocenters. The van der Waals surface area contributed by atoms with Crippen LogP contribution in [0.3, 0.4) is 0 Å². The maximum absolute atomic E-state index is 11.3. The summed E-state index contributed by atoms with van der Waals surface area (Å²) in [5.74, 6) is 3.95. The molecule has 2 bridgehead atoms. The average molecular weight is 1440 g/mol. The van der Waals surface area contributed by atoms with E-state index in [0.717, 1.165) is 51.4 Å². The molecule has 2 aliphatic heterocycles. The minimum atomic E-state index is -0.750. The van der Waals surface area contributed by atoms with Gasteiger partial charge in [0.1, 0.15) is 6.10 Å². The van der Waals surface area contributed by atoms with Gasteiger partial charge in [-0.25, -0.2) is 0 Å². The van der Waals surface area contributed by atoms with E-state index in [9.17, 15) is 20.1 Å². The van der Waals surface area contributed by atoms with E-state index < -0.39 is 57.9 Å². The molecule has 21 heteroatoms. The van der Waals surface area contributed by atoms with E-state index >= 15 is 0 Å². The summed E-state index contributed by atoms with van der Waals surface area (Å²) in [6, 6.07) is 52.8. The third-order valence-corrected chi connectivity index (χ3v) is 19.3. The second-order valence-electron chi connectivity index (χ2n) is 26.3. The summed E-state index contributed by atoms with van der Waals surface area (Å²) in [5, 5.41) is 30.2. The Morgan fingerprint density at radius 1 is 0.439 bits per heavy atom. The number of aliphatic hydroxyl groups excluding tert-OH is 3. The fourth-order valence-corrected chi connectivity index (χ4v) is 13.8. The number of benzene rings is 5. The summed E-state index contributed by atoms with van der Waals surface area (Å²) >= 11 is -3.75. The maximum Gasteiger partial charge on any atom is 0.335 e. The number of carbonyl (C=O) groups is 1. The molecule has 16 nitrogen and oxygen atoms in total. The molecule has 2 saturated heterocycles. The number of hydrogen-bond acceptors (Lipinski definition) is 16. The van der Waals surface area contributed by atoms with Gasteiger partial charge >= 0.3 is 63.8 Å². The number of esters is 1. The Labute approximate surface area is 599 Å². The van der Waals surface area contributed by atoms with Crippen molar-refractivity contribution in [1.82, 2.24) is 0 Å². The van der Waals surface area contributed by atoms with Crippen molar-refractivity contribution in [3.8, 4) is 0 Å². The minimum absolute atomic E-state index is 0.0106. The summed E-state index contributed by atoms with van der Waals surface area (Å²) in [5.41, 5.74) is 12.3. The lowest BCUT2D eigenvalue weighted by Crippen LogP contribution is -2.38. The van der Waals surface area contributed by atoms with E-state index in [1.807, 2.05) is 24.3 Å². The molecule has 11 rings (SSSR count). The van der Waals surface area contributed by atoms with E-state index in [2.05, 4.69) is 221 Å². The van der Waals surface area contributed by atoms with E-state index in [1.54, 1.807) is 0 Å². The normalized spacial score (nSPS) is 27.8. The largest absolute Gasteiger partial charge is 0.462 e. The predicted octanol–water partition coefficient (Wildman–Crippen LogP) is 15.0. The van der Waals surface area contributed by atoms with Gasteiger partial charge in [-0.2, -0.15) is 42.1 Å². The Morgan fingerprint density at radius 2 is 0.786 bits per heavy atom. The molecule has 0 spiro atoms. The highest BCUT2D eigenvalue weighted by atomic mass is 32.1. The number of hydrogen-bond donors (Lipinski definition) is 3. The first kappa shape index (κ1) is 87.6. The molecule has 2 heterocycles. The molecule has 0 saturated carbocycles. The van der Waals surface area contributed by atoms with Crippen LogP contribution in [0.5, 0.6) is 0 Å². The van der Waals surface area contributed by atoms with Gasteiger partial charge in [0.25, 0.3) is 0 Å². The monoisotopic (exact) mass is 1440 g/mol. The number of allylic oxidation sites excluding steroid dienone is 7. The molecule has 0 amide bonds. The van der Waals surface area contributed by atoms with Crippen LogP contribution in [0.1, 0.15) is 198 Å². The van der Waals surface area contributed by atoms with Crippen LogP contribution in [0.15, 0.2) is 193 Å². The molecule has 6 aliphatic rings. The number of fused-ring (bicyclic) bond motifs is 2. The zero-order chi connectivity index (χ0) is 73.2. The summed E-state index contributed by atoms with van der Waals surface area (Å²) in [7, 11) is 0. The molecule has 3 N–H and O–H groups in total. The molecule has 4 aliphatic carbocycles. The lowest BCUT2D eigenvalue weighted by Gasteiger charge is -2.40. The van der Waals surface area contributed by atoms with Crippen molar-refractivity contribution in [2.45, 2.75) is 207 Å². The Bertz CT molecular complexity index is 3250. The van der Waals surface area contributed by atoms with Crippen molar-refractivity contribution in [3.05, 3.63) is 220 Å². The van der Waals surface area contributed by atoms with Crippen LogP contribution in [0, 0.1) is 35.5 Å². The average Bonchev–Trinajstić information content (AvgIpc) is 1.62. The van der Waals surface area contributed by atoms with E-state index in [-0.39, 0.29) is 41.9 Å². The smallest absolute Gasteiger partial charge is 0.335 e. The van der Waals surface area contributed by atoms with Gasteiger partial charge in [0, 0.05) is 36.5 Å². The summed E-state index contributed by atoms with van der Waals surface area (Å²) in [6.45, 7) is 23.5. The molecule has 0 radical (unpaired) electrons. The van der Waals surface area contributed by atoms with Crippen molar-refractivity contribution in [2.75, 3.05) is 0 Å². The predicted molar refractivity (Wildman–Crippen MR) is 390 cm³/mol. The molecule has 98 heavy (non-hydrogen) atoms. The number of rotatable bonds is 6. The van der Waals surface area contributed by atoms with Crippen LogP contribution in [0.2, 0.25) is 0 Å². The third-order valence-electron chi connectivity index (χ3n) is 19.3. The van der Waals surface area contributed by atoms with Crippen LogP contribution in [-0.4, -0.2) is 99.5 Å². The standard InChI is InChI=1S/C17H22O2.4C15H20O.5O2S/c1-12-9-10-17(19-14(3)18)13(2)16(11-12)15-7-5-4-6-8-15;1-11-13(12-6-4-3-5-7-12)10-15(2)9-8-14(11)16-15;3*1-11-8-9-15(16)12(2)14(10-11)13-6-4-3-5-7-13;5*1-3-2/h4-8,11,13,16-17H,9-10H2,1-3H3;3-7,11,13-14H,8-10H2,1-2H3;2*3-7,10,12,14-16H,8-9H2,1-2H3;3-7,10-12,15-16H,8-9H2,1-2H3;;;;;/t13-,16-,17+;11-,13+,14+,15-;12-,14+,15+;12-,14-,15+;11?,12-,15+;;;;;/m00000...../s1. The quantitative estimate of drug-likeness (QED) is 0.105. The van der Waals surface area contributed by atoms with Gasteiger partial charge in [-0.15, -0.1) is 0 Å². The molecule has 2 fully saturated rings. The Balaban J connectivity index is 0.000000396. The van der Waals surface area contributed by atoms with Gasteiger partial charge in [0.05, 0.1) is 30.0 Å². The van der Waals surface area contributed by atoms with Crippen molar-refractivity contribution in [3.63, 3.8) is 0 Å². The van der Waals surface area contributed by atoms with Gasteiger partial charge < -0.3 is 24.8 Å². The van der Waals surface area contributed by atoms with E-state index in [4.69, 9.17) is 51.6 Å². The molecular formula is C77H102O16S5. The number of aliphatic hydroxyl groups is 3. The topological polar surface area (TPSA) is 267 Å². The Hall–Kier alpha value is -6.53. The first-order valence-electron chi connectivity index (χ1n) is 33.3. The fraction of sp³-hybridized carbons (Fsp3) is 0.494. The molecule has 536 valence electrons. The first-order chi connectivity index (χ1) is 46.9. The van der Waals surface area contributed by atoms with Crippen molar-refractivity contribution >= 4 is 69.4 Å². The highest BCUT2D eigenvalue weighted by Crippen LogP contribution is 2.50. The van der Waals surface area contributed by atoms with Crippen LogP contribution in [0.4, 0.5) is 0 Å². The summed E-state index contributed by atoms with van der Waals surface area (Å²) in [4.78, 5) is 11.3. The van der Waals surface area contributed by atoms with Gasteiger partial charge in [-0.3, -0.25) is 4.79 Å². The van der Waals surface area contributed by atoms with Crippen LogP contribution in [-0.2, 0) is 72.1 Å². The van der Waals surface area contributed by atoms with Gasteiger partial charge in [0.15, 0.2) is 0 Å². The SMILES string of the molecule is CC(=O)O[C@@H]1CCC(C)=C[C@H](c2ccccc2)[C@@H]1C.CC1=C[C@@H](c2ccccc2)[C@H](C)[C@H](O)CC1.CC1=C[C@H](c2ccccc2)[C@H](C)[C@H](O)CC1.CC1C=C(c2ccccc2)[C@H](C)[C@H](O)CC1.C[C@@H]1[C@H]2CC[C@@](C)(C[C@H]1c1ccccc1)O2.O=S=O.O=S=O.O=S=O.O=S=O.O=S=O. The second kappa shape index (κ2) is 49.1. The van der Waals surface area contributed by atoms with Gasteiger partial charge in [0.2, 0.25) is 0 Å². The first-order valence-corrected chi connectivity index (χ1v) is 36.7. The Morgan fingerprint density at radius 3 is 1.16 bits per heavy atom. The molecule has 5 aromatic rings. The van der Waals surface area contributed by atoms with Crippen molar-refractivity contribution in [1.29, 1.82) is 0 Å². The third kappa shape index (κ3) is 31.3. The maximum atomic E-state index is 11.3. The van der Waals surface area contributed by atoms with Crippen LogP contribution < -0.4 is 0 Å². The van der Waals surface area contributed by atoms with Gasteiger partial charge in [-0.05, 0) is 161 Å². The fourth-order valence-electron chi connectivity index (χ4n) is 13.8. The zero-order valence-corrected chi connectivity index (χ0v) is 62.5. The minimum Gasteiger partial charge on any atom is -0.462 e. The van der Waals surface area contributed by atoms with E-state index in [1.165, 1.54) is 76.3 Å². The molecule has 0 aromatic heterocycles. The van der Waals surface area contributed by atoms with E-state index in [0.29, 0.717) is 59.4 Å². The molecule has 5 aromatic carbocycles. The lowest BCUT2D eigenvalue weighted by molar-refractivity contribution is -0.149. The highest BCUT2D eigenvalue weighted by molar-refractivity contribution is 7.52. The molecular weight excluding hydrogens is 1340 g/mol. The second-order valence-corrected chi connectivity index (χ2v) is 27.0. The van der Waals surface area contributed by atoms with Crippen molar-refractivity contribution in [2.24, 2.45) is 35.5 Å². The van der Waals surface area contributed by atoms with Crippen LogP contribution in [0.25, 0.3) is 5.57 Å².